The molecule has 2 spiro atoms. The topological polar surface area (TPSA) is 106 Å². The van der Waals surface area contributed by atoms with Gasteiger partial charge in [-0.15, -0.1) is 5.10 Å². The first-order valence-electron chi connectivity index (χ1n) is 15.5. The van der Waals surface area contributed by atoms with Gasteiger partial charge in [-0.3, -0.25) is 9.52 Å². The Hall–Kier alpha value is -2.82. The van der Waals surface area contributed by atoms with Crippen molar-refractivity contribution in [3.05, 3.63) is 53.3 Å². The van der Waals surface area contributed by atoms with Gasteiger partial charge in [0.15, 0.2) is 5.82 Å². The van der Waals surface area contributed by atoms with E-state index >= 15 is 0 Å². The summed E-state index contributed by atoms with van der Waals surface area (Å²) in [6, 6.07) is 10.8. The number of nitrogens with zero attached hydrogens (tertiary/aromatic N) is 4. The molecule has 1 amide bonds. The molecule has 9 nitrogen and oxygen atoms in total. The Morgan fingerprint density at radius 2 is 1.91 bits per heavy atom. The van der Waals surface area contributed by atoms with E-state index < -0.39 is 0 Å². The SMILES string of the molecule is CC1(C)CCCN1.CCCNc1cccc(SNC(=O)c2ccc(-n3ccc(OCCC4C5(CC5)C45CC5)n3)nc2Cl)n1. The summed E-state index contributed by atoms with van der Waals surface area (Å²) in [7, 11) is 0. The lowest BCUT2D eigenvalue weighted by Crippen LogP contribution is -2.31. The zero-order chi connectivity index (χ0) is 30.1. The highest BCUT2D eigenvalue weighted by Gasteiger charge is 2.85. The van der Waals surface area contributed by atoms with Gasteiger partial charge in [0.2, 0.25) is 5.88 Å². The van der Waals surface area contributed by atoms with Gasteiger partial charge in [-0.05, 0) is 113 Å². The molecule has 0 bridgehead atoms. The molecule has 3 aliphatic carbocycles. The van der Waals surface area contributed by atoms with E-state index in [0.717, 1.165) is 43.1 Å². The fourth-order valence-electron chi connectivity index (χ4n) is 6.89. The van der Waals surface area contributed by atoms with Crippen molar-refractivity contribution < 1.29 is 9.53 Å². The van der Waals surface area contributed by atoms with Gasteiger partial charge in [-0.2, -0.15) is 0 Å². The molecule has 3 saturated carbocycles. The number of carbonyl (C=O) groups excluding carboxylic acids is 1. The van der Waals surface area contributed by atoms with Gasteiger partial charge < -0.3 is 15.4 Å². The Balaban J connectivity index is 0.000000415. The lowest BCUT2D eigenvalue weighted by molar-refractivity contribution is 0.0984. The summed E-state index contributed by atoms with van der Waals surface area (Å²) in [6.45, 7) is 9.34. The van der Waals surface area contributed by atoms with E-state index in [9.17, 15) is 4.79 Å². The van der Waals surface area contributed by atoms with E-state index in [2.05, 4.69) is 51.2 Å². The summed E-state index contributed by atoms with van der Waals surface area (Å²) < 4.78 is 10.3. The van der Waals surface area contributed by atoms with Gasteiger partial charge >= 0.3 is 0 Å². The predicted molar refractivity (Wildman–Crippen MR) is 171 cm³/mol. The quantitative estimate of drug-likeness (QED) is 0.160. The second kappa shape index (κ2) is 12.3. The number of rotatable bonds is 11. The van der Waals surface area contributed by atoms with Crippen LogP contribution in [0.4, 0.5) is 5.82 Å². The van der Waals surface area contributed by atoms with Crippen molar-refractivity contribution in [2.75, 3.05) is 25.0 Å². The number of pyridine rings is 2. The van der Waals surface area contributed by atoms with Gasteiger partial charge in [0, 0.05) is 36.3 Å². The fraction of sp³-hybridized carbons (Fsp3) is 0.562. The predicted octanol–water partition coefficient (Wildman–Crippen LogP) is 6.68. The normalized spacial score (nSPS) is 19.9. The lowest BCUT2D eigenvalue weighted by Gasteiger charge is -2.15. The van der Waals surface area contributed by atoms with Gasteiger partial charge in [0.1, 0.15) is 16.0 Å². The largest absolute Gasteiger partial charge is 0.477 e. The van der Waals surface area contributed by atoms with Crippen LogP contribution in [-0.4, -0.2) is 50.9 Å². The zero-order valence-corrected chi connectivity index (χ0v) is 26.9. The Labute approximate surface area is 263 Å². The molecular weight excluding hydrogens is 582 g/mol. The number of anilines is 1. The molecular formula is C32H42ClN7O2S. The first-order valence-corrected chi connectivity index (χ1v) is 16.7. The maximum absolute atomic E-state index is 12.7. The van der Waals surface area contributed by atoms with Crippen molar-refractivity contribution in [1.29, 1.82) is 0 Å². The number of hydrogen-bond acceptors (Lipinski definition) is 8. The van der Waals surface area contributed by atoms with Crippen LogP contribution < -0.4 is 20.1 Å². The fourth-order valence-corrected chi connectivity index (χ4v) is 7.73. The molecule has 0 atom stereocenters. The number of halogens is 1. The maximum atomic E-state index is 12.7. The van der Waals surface area contributed by atoms with E-state index in [1.807, 2.05) is 24.3 Å². The first kappa shape index (κ1) is 30.2. The molecule has 0 aromatic carbocycles. The molecule has 1 saturated heterocycles. The molecule has 3 aromatic heterocycles. The van der Waals surface area contributed by atoms with Crippen LogP contribution in [0.1, 0.15) is 82.5 Å². The van der Waals surface area contributed by atoms with Crippen LogP contribution in [0.2, 0.25) is 5.15 Å². The third kappa shape index (κ3) is 6.66. The molecule has 0 unspecified atom stereocenters. The Morgan fingerprint density at radius 3 is 2.53 bits per heavy atom. The van der Waals surface area contributed by atoms with Crippen LogP contribution in [0.5, 0.6) is 5.88 Å². The molecule has 11 heteroatoms. The maximum Gasteiger partial charge on any atom is 0.264 e. The Bertz CT molecular complexity index is 1430. The molecule has 230 valence electrons. The minimum Gasteiger partial charge on any atom is -0.477 e. The van der Waals surface area contributed by atoms with E-state index in [4.69, 9.17) is 16.3 Å². The molecule has 43 heavy (non-hydrogen) atoms. The average molecular weight is 624 g/mol. The lowest BCUT2D eigenvalue weighted by atomic mass is 10.0. The number of aromatic nitrogens is 4. The van der Waals surface area contributed by atoms with Gasteiger partial charge in [-0.25, -0.2) is 14.6 Å². The Kier molecular flexibility index (Phi) is 8.63. The van der Waals surface area contributed by atoms with Crippen molar-refractivity contribution >= 4 is 35.3 Å². The van der Waals surface area contributed by atoms with Gasteiger partial charge in [0.05, 0.1) is 12.2 Å². The van der Waals surface area contributed by atoms with Crippen molar-refractivity contribution in [1.82, 2.24) is 29.8 Å². The highest BCUT2D eigenvalue weighted by Crippen LogP contribution is 2.93. The second-order valence-electron chi connectivity index (χ2n) is 12.8. The standard InChI is InChI=1S/C26H29ClN6O2S.C6H13N/c1-2-14-28-19-4-3-5-22(29-19)36-32-24(34)17-6-7-20(30-23(17)27)33-15-8-21(31-33)35-16-9-18-25(10-11-25)26(18)12-13-26;1-6(2)4-3-5-7-6/h3-8,15,18H,2,9-14,16H2,1H3,(H,28,29)(H,32,34);7H,3-5H2,1-2H3. The summed E-state index contributed by atoms with van der Waals surface area (Å²) in [5, 5.41) is 11.9. The van der Waals surface area contributed by atoms with E-state index in [1.165, 1.54) is 45.1 Å². The van der Waals surface area contributed by atoms with Crippen molar-refractivity contribution in [3.8, 4) is 11.7 Å². The molecule has 4 fully saturated rings. The van der Waals surface area contributed by atoms with E-state index in [-0.39, 0.29) is 16.6 Å². The number of amides is 1. The molecule has 3 N–H and O–H groups in total. The van der Waals surface area contributed by atoms with Crippen molar-refractivity contribution in [2.24, 2.45) is 16.7 Å². The highest BCUT2D eigenvalue weighted by molar-refractivity contribution is 7.97. The van der Waals surface area contributed by atoms with Crippen LogP contribution >= 0.6 is 23.5 Å². The number of ether oxygens (including phenoxy) is 1. The minimum absolute atomic E-state index is 0.105. The summed E-state index contributed by atoms with van der Waals surface area (Å²) >= 11 is 7.49. The van der Waals surface area contributed by atoms with Crippen molar-refractivity contribution in [3.63, 3.8) is 0 Å². The average Bonchev–Trinajstić information content (AvgIpc) is 3.95. The van der Waals surface area contributed by atoms with Crippen LogP contribution in [0.3, 0.4) is 0 Å². The van der Waals surface area contributed by atoms with E-state index in [1.54, 1.807) is 23.0 Å². The van der Waals surface area contributed by atoms with Crippen LogP contribution in [0.15, 0.2) is 47.6 Å². The van der Waals surface area contributed by atoms with Crippen molar-refractivity contribution in [2.45, 2.75) is 82.7 Å². The Morgan fingerprint density at radius 1 is 1.12 bits per heavy atom. The second-order valence-corrected chi connectivity index (χ2v) is 14.0. The van der Waals surface area contributed by atoms with Crippen LogP contribution in [0.25, 0.3) is 5.82 Å². The molecule has 4 aliphatic rings. The number of carbonyl (C=O) groups is 1. The molecule has 1 aliphatic heterocycles. The summed E-state index contributed by atoms with van der Waals surface area (Å²) in [4.78, 5) is 21.5. The number of fused-ring (bicyclic) bond motifs is 1. The van der Waals surface area contributed by atoms with Crippen LogP contribution in [0, 0.1) is 16.7 Å². The molecule has 0 radical (unpaired) electrons. The van der Waals surface area contributed by atoms with E-state index in [0.29, 0.717) is 39.7 Å². The summed E-state index contributed by atoms with van der Waals surface area (Å²) in [5.41, 5.74) is 2.13. The third-order valence-corrected chi connectivity index (χ3v) is 10.5. The van der Waals surface area contributed by atoms with Gasteiger partial charge in [0.25, 0.3) is 5.91 Å². The monoisotopic (exact) mass is 623 g/mol. The molecule has 7 rings (SSSR count). The minimum atomic E-state index is -0.343. The highest BCUT2D eigenvalue weighted by atomic mass is 35.5. The summed E-state index contributed by atoms with van der Waals surface area (Å²) in [5.74, 6) is 2.39. The summed E-state index contributed by atoms with van der Waals surface area (Å²) in [6.07, 6.45) is 12.3. The first-order chi connectivity index (χ1) is 20.8. The van der Waals surface area contributed by atoms with Gasteiger partial charge in [-0.1, -0.05) is 24.6 Å². The number of hydrogen-bond donors (Lipinski definition) is 3. The smallest absolute Gasteiger partial charge is 0.264 e. The molecule has 3 aromatic rings. The third-order valence-electron chi connectivity index (χ3n) is 9.46. The zero-order valence-electron chi connectivity index (χ0n) is 25.3. The number of nitrogens with one attached hydrogen (secondary N) is 3. The molecule has 4 heterocycles. The van der Waals surface area contributed by atoms with Crippen LogP contribution in [-0.2, 0) is 0 Å².